The molecule has 0 radical (unpaired) electrons. The zero-order chi connectivity index (χ0) is 35.2. The van der Waals surface area contributed by atoms with E-state index < -0.39 is 57.7 Å². The van der Waals surface area contributed by atoms with Crippen LogP contribution in [0.5, 0.6) is 0 Å². The number of amides is 2. The summed E-state index contributed by atoms with van der Waals surface area (Å²) in [5.74, 6) is -1.45. The second kappa shape index (κ2) is 15.3. The van der Waals surface area contributed by atoms with Gasteiger partial charge in [0.05, 0.1) is 11.2 Å². The summed E-state index contributed by atoms with van der Waals surface area (Å²) in [5, 5.41) is 10.2. The van der Waals surface area contributed by atoms with Gasteiger partial charge in [0, 0.05) is 29.7 Å². The Kier molecular flexibility index (Phi) is 12.2. The number of nitrogens with zero attached hydrogens (tertiary/aromatic N) is 3. The summed E-state index contributed by atoms with van der Waals surface area (Å²) in [6, 6.07) is 11.0. The van der Waals surface area contributed by atoms with Gasteiger partial charge in [-0.15, -0.1) is 0 Å². The van der Waals surface area contributed by atoms with Crippen LogP contribution >= 0.6 is 11.6 Å². The van der Waals surface area contributed by atoms with Crippen LogP contribution in [-0.2, 0) is 46.9 Å². The van der Waals surface area contributed by atoms with Crippen molar-refractivity contribution in [2.24, 2.45) is 5.41 Å². The Bertz CT molecular complexity index is 1650. The molecule has 1 aromatic heterocycles. The van der Waals surface area contributed by atoms with Gasteiger partial charge in [0.25, 0.3) is 5.95 Å². The summed E-state index contributed by atoms with van der Waals surface area (Å²) >= 11 is 5.90. The highest BCUT2D eigenvalue weighted by Crippen LogP contribution is 2.23. The Morgan fingerprint density at radius 1 is 0.979 bits per heavy atom. The Morgan fingerprint density at radius 2 is 1.57 bits per heavy atom. The van der Waals surface area contributed by atoms with Crippen LogP contribution in [-0.4, -0.2) is 67.0 Å². The van der Waals surface area contributed by atoms with E-state index in [9.17, 15) is 22.8 Å². The molecule has 0 bridgehead atoms. The largest absolute Gasteiger partial charge is 0.463 e. The quantitative estimate of drug-likeness (QED) is 0.220. The van der Waals surface area contributed by atoms with E-state index >= 15 is 0 Å². The van der Waals surface area contributed by atoms with Crippen molar-refractivity contribution in [3.05, 3.63) is 70.6 Å². The lowest BCUT2D eigenvalue weighted by atomic mass is 9.97. The summed E-state index contributed by atoms with van der Waals surface area (Å²) in [4.78, 5) is 44.5. The number of hydrogen-bond donors (Lipinski definition) is 3. The molecule has 0 aliphatic heterocycles. The normalized spacial score (nSPS) is 13.4. The number of nitrogens with one attached hydrogen (secondary N) is 3. The van der Waals surface area contributed by atoms with Crippen LogP contribution < -0.4 is 15.4 Å². The van der Waals surface area contributed by atoms with Crippen LogP contribution in [0.4, 0.5) is 11.6 Å². The van der Waals surface area contributed by atoms with Crippen LogP contribution in [0.3, 0.4) is 0 Å². The minimum atomic E-state index is -4.08. The molecule has 3 rings (SSSR count). The molecule has 15 heteroatoms. The highest BCUT2D eigenvalue weighted by Gasteiger charge is 2.34. The van der Waals surface area contributed by atoms with Crippen molar-refractivity contribution < 1.29 is 32.1 Å². The number of hydrogen-bond acceptors (Lipinski definition) is 10. The van der Waals surface area contributed by atoms with E-state index in [4.69, 9.17) is 20.9 Å². The first-order chi connectivity index (χ1) is 21.7. The maximum absolute atomic E-state index is 13.5. The van der Waals surface area contributed by atoms with Gasteiger partial charge in [-0.2, -0.15) is 9.71 Å². The molecule has 2 amide bonds. The van der Waals surface area contributed by atoms with E-state index in [1.807, 2.05) is 32.9 Å². The SMILES string of the molecule is C[C@@H](C(=O)NCc1ccc(Nc2noc(C(C)(C)C)n2)cc1)N(C)C(=O)[C@@H](COC(=O)C(C)(C)C)NS(=O)(=O)Cc1ccc(Cl)cc1. The third-order valence-corrected chi connectivity index (χ3v) is 8.54. The third kappa shape index (κ3) is 11.3. The van der Waals surface area contributed by atoms with Gasteiger partial charge in [-0.1, -0.05) is 56.6 Å². The molecule has 3 N–H and O–H groups in total. The van der Waals surface area contributed by atoms with E-state index in [1.165, 1.54) is 14.0 Å². The van der Waals surface area contributed by atoms with Crippen molar-refractivity contribution in [1.29, 1.82) is 0 Å². The number of rotatable bonds is 13. The van der Waals surface area contributed by atoms with Crippen LogP contribution in [0.2, 0.25) is 5.02 Å². The predicted octanol–water partition coefficient (Wildman–Crippen LogP) is 4.30. The number of sulfonamides is 1. The zero-order valence-electron chi connectivity index (χ0n) is 27.9. The number of likely N-dealkylation sites (N-methyl/N-ethyl adjacent to an activating group) is 1. The van der Waals surface area contributed by atoms with Gasteiger partial charge < -0.3 is 24.8 Å². The number of aromatic nitrogens is 2. The molecule has 3 aromatic rings. The van der Waals surface area contributed by atoms with Crippen molar-refractivity contribution >= 4 is 51.0 Å². The van der Waals surface area contributed by atoms with Crippen LogP contribution in [0.15, 0.2) is 53.1 Å². The Morgan fingerprint density at radius 3 is 2.13 bits per heavy atom. The third-order valence-electron chi connectivity index (χ3n) is 6.94. The lowest BCUT2D eigenvalue weighted by Crippen LogP contribution is -2.55. The first-order valence-electron chi connectivity index (χ1n) is 14.9. The number of benzene rings is 2. The lowest BCUT2D eigenvalue weighted by molar-refractivity contribution is -0.155. The Balaban J connectivity index is 1.63. The maximum Gasteiger partial charge on any atom is 0.311 e. The molecule has 0 aliphatic rings. The molecule has 0 spiro atoms. The molecular formula is C32H43ClN6O7S. The summed E-state index contributed by atoms with van der Waals surface area (Å²) < 4.78 is 39.0. The second-order valence-corrected chi connectivity index (χ2v) is 15.4. The van der Waals surface area contributed by atoms with Gasteiger partial charge in [0.15, 0.2) is 0 Å². The molecule has 0 saturated heterocycles. The van der Waals surface area contributed by atoms with Gasteiger partial charge >= 0.3 is 5.97 Å². The minimum Gasteiger partial charge on any atom is -0.463 e. The molecule has 0 saturated carbocycles. The first-order valence-corrected chi connectivity index (χ1v) is 16.9. The zero-order valence-corrected chi connectivity index (χ0v) is 29.5. The van der Waals surface area contributed by atoms with Crippen LogP contribution in [0.25, 0.3) is 0 Å². The summed E-state index contributed by atoms with van der Waals surface area (Å²) in [6.45, 7) is 11.9. The average molecular weight is 691 g/mol. The molecule has 0 fully saturated rings. The number of halogens is 1. The molecule has 0 unspecified atom stereocenters. The number of anilines is 2. The highest BCUT2D eigenvalue weighted by molar-refractivity contribution is 7.88. The number of ether oxygens (including phenoxy) is 1. The van der Waals surface area contributed by atoms with Crippen molar-refractivity contribution in [3.8, 4) is 0 Å². The van der Waals surface area contributed by atoms with Crippen molar-refractivity contribution in [3.63, 3.8) is 0 Å². The van der Waals surface area contributed by atoms with Crippen LogP contribution in [0, 0.1) is 5.41 Å². The van der Waals surface area contributed by atoms with Crippen molar-refractivity contribution in [2.45, 2.75) is 78.3 Å². The Labute approximate surface area is 280 Å². The van der Waals surface area contributed by atoms with Gasteiger partial charge in [-0.05, 0) is 68.2 Å². The van der Waals surface area contributed by atoms with Crippen molar-refractivity contribution in [1.82, 2.24) is 25.1 Å². The van der Waals surface area contributed by atoms with E-state index in [0.717, 1.165) is 16.2 Å². The number of esters is 1. The van der Waals surface area contributed by atoms with E-state index in [1.54, 1.807) is 57.2 Å². The minimum absolute atomic E-state index is 0.169. The molecule has 256 valence electrons. The highest BCUT2D eigenvalue weighted by atomic mass is 35.5. The maximum atomic E-state index is 13.5. The van der Waals surface area contributed by atoms with E-state index in [2.05, 4.69) is 25.5 Å². The fourth-order valence-electron chi connectivity index (χ4n) is 3.95. The number of carbonyl (C=O) groups is 3. The standard InChI is InChI=1S/C32H43ClN6O7S/c1-20(26(40)34-17-21-11-15-24(16-12-21)35-30-36-28(46-37-30)31(2,3)4)39(8)27(41)25(18-45-29(42)32(5,6)7)38-47(43,44)19-22-9-13-23(33)14-10-22/h9-16,20,25,38H,17-19H2,1-8H3,(H,34,40)(H,35,37)/t20-,25+/m0/s1. The predicted molar refractivity (Wildman–Crippen MR) is 178 cm³/mol. The molecular weight excluding hydrogens is 648 g/mol. The molecule has 13 nitrogen and oxygen atoms in total. The van der Waals surface area contributed by atoms with Gasteiger partial charge in [0.2, 0.25) is 27.7 Å². The fraction of sp³-hybridized carbons (Fsp3) is 0.469. The summed E-state index contributed by atoms with van der Waals surface area (Å²) in [7, 11) is -2.70. The van der Waals surface area contributed by atoms with E-state index in [0.29, 0.717) is 22.4 Å². The van der Waals surface area contributed by atoms with Crippen molar-refractivity contribution in [2.75, 3.05) is 19.0 Å². The topological polar surface area (TPSA) is 173 Å². The first kappa shape index (κ1) is 37.4. The smallest absolute Gasteiger partial charge is 0.311 e. The number of carbonyl (C=O) groups excluding carboxylic acids is 3. The van der Waals surface area contributed by atoms with Gasteiger partial charge in [-0.3, -0.25) is 14.4 Å². The Hall–Kier alpha value is -4.01. The van der Waals surface area contributed by atoms with Gasteiger partial charge in [-0.25, -0.2) is 8.42 Å². The fourth-order valence-corrected chi connectivity index (χ4v) is 5.40. The molecule has 2 atom stereocenters. The van der Waals surface area contributed by atoms with E-state index in [-0.39, 0.29) is 12.0 Å². The molecule has 1 heterocycles. The second-order valence-electron chi connectivity index (χ2n) is 13.2. The summed E-state index contributed by atoms with van der Waals surface area (Å²) in [5.41, 5.74) is 0.782. The average Bonchev–Trinajstić information content (AvgIpc) is 3.47. The monoisotopic (exact) mass is 690 g/mol. The van der Waals surface area contributed by atoms with Gasteiger partial charge in [0.1, 0.15) is 18.7 Å². The molecule has 47 heavy (non-hydrogen) atoms. The summed E-state index contributed by atoms with van der Waals surface area (Å²) in [6.07, 6.45) is 0. The molecule has 0 aliphatic carbocycles. The van der Waals surface area contributed by atoms with Crippen LogP contribution in [0.1, 0.15) is 65.5 Å². The lowest BCUT2D eigenvalue weighted by Gasteiger charge is -2.29. The molecule has 2 aromatic carbocycles.